The monoisotopic (exact) mass is 356 g/mol. The zero-order chi connectivity index (χ0) is 14.1. The highest BCUT2D eigenvalue weighted by Gasteiger charge is 2.31. The molecule has 3 nitrogen and oxygen atoms in total. The first kappa shape index (κ1) is 14.4. The fourth-order valence-corrected chi connectivity index (χ4v) is 3.58. The van der Waals surface area contributed by atoms with E-state index in [9.17, 15) is 4.79 Å². The first-order valence-corrected chi connectivity index (χ1v) is 8.30. The number of benzene rings is 1. The molecule has 1 aromatic rings. The molecule has 1 amide bonds. The number of hydrogen-bond acceptors (Lipinski definition) is 2. The van der Waals surface area contributed by atoms with E-state index < -0.39 is 0 Å². The lowest BCUT2D eigenvalue weighted by Crippen LogP contribution is -2.56. The summed E-state index contributed by atoms with van der Waals surface area (Å²) in [7, 11) is 0. The van der Waals surface area contributed by atoms with Crippen molar-refractivity contribution >= 4 is 33.4 Å². The first-order valence-electron chi connectivity index (χ1n) is 7.13. The topological polar surface area (TPSA) is 23.6 Å². The third kappa shape index (κ3) is 2.87. The average Bonchev–Trinajstić information content (AvgIpc) is 2.49. The lowest BCUT2D eigenvalue weighted by atomic mass is 9.99. The van der Waals surface area contributed by atoms with E-state index in [0.717, 1.165) is 24.1 Å². The van der Waals surface area contributed by atoms with Crippen LogP contribution in [0.5, 0.6) is 0 Å². The smallest absolute Gasteiger partial charge is 0.254 e. The lowest BCUT2D eigenvalue weighted by Gasteiger charge is -2.44. The molecule has 0 radical (unpaired) electrons. The van der Waals surface area contributed by atoms with Gasteiger partial charge in [0.1, 0.15) is 0 Å². The van der Waals surface area contributed by atoms with Gasteiger partial charge in [0.25, 0.3) is 5.91 Å². The Labute approximate surface area is 133 Å². The van der Waals surface area contributed by atoms with E-state index in [-0.39, 0.29) is 5.91 Å². The number of piperidine rings is 1. The molecule has 1 atom stereocenters. The van der Waals surface area contributed by atoms with Gasteiger partial charge in [-0.15, -0.1) is 0 Å². The van der Waals surface area contributed by atoms with Gasteiger partial charge in [-0.3, -0.25) is 9.69 Å². The maximum atomic E-state index is 12.6. The summed E-state index contributed by atoms with van der Waals surface area (Å²) in [5.74, 6) is 0.102. The summed E-state index contributed by atoms with van der Waals surface area (Å²) in [6.45, 7) is 3.87. The number of rotatable bonds is 1. The molecule has 2 aliphatic rings. The second-order valence-electron chi connectivity index (χ2n) is 5.57. The highest BCUT2D eigenvalue weighted by Crippen LogP contribution is 2.25. The predicted octanol–water partition coefficient (Wildman–Crippen LogP) is 3.41. The van der Waals surface area contributed by atoms with Crippen molar-refractivity contribution in [3.05, 3.63) is 33.3 Å². The standard InChI is InChI=1S/C15H18BrClN2O/c16-13-5-4-11(9-14(13)17)15(20)19-8-7-18-6-2-1-3-12(18)10-19/h4-5,9,12H,1-3,6-8,10H2. The van der Waals surface area contributed by atoms with Gasteiger partial charge in [-0.2, -0.15) is 0 Å². The van der Waals surface area contributed by atoms with Gasteiger partial charge >= 0.3 is 0 Å². The van der Waals surface area contributed by atoms with Crippen LogP contribution in [0.2, 0.25) is 5.02 Å². The van der Waals surface area contributed by atoms with Crippen LogP contribution in [0, 0.1) is 0 Å². The molecule has 20 heavy (non-hydrogen) atoms. The molecule has 1 aromatic carbocycles. The van der Waals surface area contributed by atoms with E-state index in [0.29, 0.717) is 16.6 Å². The molecule has 0 N–H and O–H groups in total. The summed E-state index contributed by atoms with van der Waals surface area (Å²) in [5, 5.41) is 0.590. The molecule has 2 aliphatic heterocycles. The summed E-state index contributed by atoms with van der Waals surface area (Å²) in [5.41, 5.74) is 0.683. The Balaban J connectivity index is 1.72. The van der Waals surface area contributed by atoms with Gasteiger partial charge in [0.05, 0.1) is 5.02 Å². The molecule has 108 valence electrons. The Hall–Kier alpha value is -0.580. The van der Waals surface area contributed by atoms with Gasteiger partial charge in [0, 0.05) is 35.7 Å². The number of hydrogen-bond donors (Lipinski definition) is 0. The molecule has 1 unspecified atom stereocenters. The van der Waals surface area contributed by atoms with Crippen molar-refractivity contribution in [3.63, 3.8) is 0 Å². The van der Waals surface area contributed by atoms with E-state index in [4.69, 9.17) is 11.6 Å². The second kappa shape index (κ2) is 6.04. The fourth-order valence-electron chi connectivity index (χ4n) is 3.15. The molecular formula is C15H18BrClN2O. The Morgan fingerprint density at radius 1 is 1.25 bits per heavy atom. The zero-order valence-electron chi connectivity index (χ0n) is 11.3. The number of halogens is 2. The van der Waals surface area contributed by atoms with Gasteiger partial charge < -0.3 is 4.90 Å². The van der Waals surface area contributed by atoms with Gasteiger partial charge in [-0.25, -0.2) is 0 Å². The molecule has 2 saturated heterocycles. The molecule has 0 bridgehead atoms. The predicted molar refractivity (Wildman–Crippen MR) is 84.3 cm³/mol. The summed E-state index contributed by atoms with van der Waals surface area (Å²) in [4.78, 5) is 17.1. The van der Waals surface area contributed by atoms with E-state index in [2.05, 4.69) is 20.8 Å². The quantitative estimate of drug-likeness (QED) is 0.769. The van der Waals surface area contributed by atoms with Crippen LogP contribution in [0.1, 0.15) is 29.6 Å². The number of fused-ring (bicyclic) bond motifs is 1. The number of nitrogens with zero attached hydrogens (tertiary/aromatic N) is 2. The van der Waals surface area contributed by atoms with Crippen LogP contribution in [-0.2, 0) is 0 Å². The summed E-state index contributed by atoms with van der Waals surface area (Å²) < 4.78 is 0.827. The summed E-state index contributed by atoms with van der Waals surface area (Å²) >= 11 is 9.44. The first-order chi connectivity index (χ1) is 9.65. The Morgan fingerprint density at radius 3 is 2.90 bits per heavy atom. The third-order valence-corrected chi connectivity index (χ3v) is 5.52. The van der Waals surface area contributed by atoms with Crippen molar-refractivity contribution < 1.29 is 4.79 Å². The maximum Gasteiger partial charge on any atom is 0.254 e. The van der Waals surface area contributed by atoms with E-state index in [1.165, 1.54) is 25.8 Å². The van der Waals surface area contributed by atoms with Crippen LogP contribution in [0.25, 0.3) is 0 Å². The summed E-state index contributed by atoms with van der Waals surface area (Å²) in [6, 6.07) is 5.98. The van der Waals surface area contributed by atoms with Gasteiger partial charge in [0.2, 0.25) is 0 Å². The van der Waals surface area contributed by atoms with E-state index in [1.807, 2.05) is 17.0 Å². The maximum absolute atomic E-state index is 12.6. The minimum atomic E-state index is 0.102. The molecule has 2 fully saturated rings. The molecule has 0 aromatic heterocycles. The molecule has 5 heteroatoms. The zero-order valence-corrected chi connectivity index (χ0v) is 13.7. The Bertz CT molecular complexity index is 523. The van der Waals surface area contributed by atoms with E-state index in [1.54, 1.807) is 6.07 Å². The fraction of sp³-hybridized carbons (Fsp3) is 0.533. The highest BCUT2D eigenvalue weighted by molar-refractivity contribution is 9.10. The number of amides is 1. The van der Waals surface area contributed by atoms with Crippen molar-refractivity contribution in [3.8, 4) is 0 Å². The SMILES string of the molecule is O=C(c1ccc(Br)c(Cl)c1)N1CCN2CCCCC2C1. The third-order valence-electron chi connectivity index (χ3n) is 4.29. The Kier molecular flexibility index (Phi) is 4.34. The van der Waals surface area contributed by atoms with Gasteiger partial charge in [-0.05, 0) is 53.5 Å². The van der Waals surface area contributed by atoms with Crippen LogP contribution in [0.4, 0.5) is 0 Å². The van der Waals surface area contributed by atoms with Crippen LogP contribution >= 0.6 is 27.5 Å². The average molecular weight is 358 g/mol. The number of carbonyl (C=O) groups is 1. The largest absolute Gasteiger partial charge is 0.336 e. The molecule has 2 heterocycles. The van der Waals surface area contributed by atoms with Gasteiger partial charge in [0.15, 0.2) is 0 Å². The molecule has 3 rings (SSSR count). The number of carbonyl (C=O) groups excluding carboxylic acids is 1. The molecule has 0 saturated carbocycles. The molecule has 0 aliphatic carbocycles. The second-order valence-corrected chi connectivity index (χ2v) is 6.83. The normalized spacial score (nSPS) is 23.5. The lowest BCUT2D eigenvalue weighted by molar-refractivity contribution is 0.0372. The highest BCUT2D eigenvalue weighted by atomic mass is 79.9. The van der Waals surface area contributed by atoms with Crippen LogP contribution in [0.3, 0.4) is 0 Å². The van der Waals surface area contributed by atoms with Crippen LogP contribution in [0.15, 0.2) is 22.7 Å². The van der Waals surface area contributed by atoms with Crippen molar-refractivity contribution in [2.45, 2.75) is 25.3 Å². The van der Waals surface area contributed by atoms with Crippen molar-refractivity contribution in [2.24, 2.45) is 0 Å². The Morgan fingerprint density at radius 2 is 2.10 bits per heavy atom. The van der Waals surface area contributed by atoms with Crippen molar-refractivity contribution in [1.82, 2.24) is 9.80 Å². The van der Waals surface area contributed by atoms with Gasteiger partial charge in [-0.1, -0.05) is 18.0 Å². The van der Waals surface area contributed by atoms with Crippen LogP contribution < -0.4 is 0 Å². The van der Waals surface area contributed by atoms with Crippen molar-refractivity contribution in [1.29, 1.82) is 0 Å². The molecular weight excluding hydrogens is 340 g/mol. The van der Waals surface area contributed by atoms with Crippen molar-refractivity contribution in [2.75, 3.05) is 26.2 Å². The van der Waals surface area contributed by atoms with E-state index >= 15 is 0 Å². The number of piperazine rings is 1. The molecule has 0 spiro atoms. The summed E-state index contributed by atoms with van der Waals surface area (Å²) in [6.07, 6.45) is 3.80. The van der Waals surface area contributed by atoms with Crippen LogP contribution in [-0.4, -0.2) is 47.9 Å². The minimum Gasteiger partial charge on any atom is -0.336 e. The minimum absolute atomic E-state index is 0.102.